The number of aromatic nitrogens is 2. The number of esters is 1. The lowest BCUT2D eigenvalue weighted by Crippen LogP contribution is -1.96. The highest BCUT2D eigenvalue weighted by Gasteiger charge is 2.09. The van der Waals surface area contributed by atoms with E-state index in [0.29, 0.717) is 4.88 Å². The maximum atomic E-state index is 11.3. The van der Waals surface area contributed by atoms with Crippen molar-refractivity contribution in [2.24, 2.45) is 0 Å². The van der Waals surface area contributed by atoms with Crippen LogP contribution in [0.1, 0.15) is 14.5 Å². The Balaban J connectivity index is 1.96. The molecule has 0 fully saturated rings. The zero-order chi connectivity index (χ0) is 12.1. The molecule has 0 aliphatic heterocycles. The summed E-state index contributed by atoms with van der Waals surface area (Å²) in [7, 11) is 1.38. The second-order valence-electron chi connectivity index (χ2n) is 3.09. The van der Waals surface area contributed by atoms with Crippen molar-refractivity contribution in [1.29, 1.82) is 0 Å². The van der Waals surface area contributed by atoms with Crippen LogP contribution in [-0.2, 0) is 10.5 Å². The highest BCUT2D eigenvalue weighted by Crippen LogP contribution is 2.25. The molecule has 0 unspecified atom stereocenters. The van der Waals surface area contributed by atoms with E-state index in [-0.39, 0.29) is 5.97 Å². The number of thioether (sulfide) groups is 1. The summed E-state index contributed by atoms with van der Waals surface area (Å²) in [5.41, 5.74) is 0. The van der Waals surface area contributed by atoms with Crippen LogP contribution in [0.4, 0.5) is 0 Å². The number of methoxy groups -OCH3 is 1. The van der Waals surface area contributed by atoms with Crippen molar-refractivity contribution in [3.8, 4) is 0 Å². The van der Waals surface area contributed by atoms with Crippen LogP contribution in [-0.4, -0.2) is 23.0 Å². The fraction of sp³-hybridized carbons (Fsp3) is 0.182. The van der Waals surface area contributed by atoms with Crippen molar-refractivity contribution < 1.29 is 9.53 Å². The molecule has 0 spiro atoms. The fourth-order valence-corrected chi connectivity index (χ4v) is 2.96. The molecule has 88 valence electrons. The SMILES string of the molecule is COC(=O)c1ccc(CSc2cnccn2)s1. The number of ether oxygens (including phenoxy) is 1. The molecule has 0 aliphatic rings. The van der Waals surface area contributed by atoms with Gasteiger partial charge in [0, 0.05) is 23.0 Å². The molecule has 2 aromatic heterocycles. The molecule has 2 rings (SSSR count). The Bertz CT molecular complexity index is 499. The monoisotopic (exact) mass is 266 g/mol. The molecule has 17 heavy (non-hydrogen) atoms. The van der Waals surface area contributed by atoms with Crippen molar-refractivity contribution in [3.05, 3.63) is 40.5 Å². The third-order valence-electron chi connectivity index (χ3n) is 1.95. The molecular formula is C11H10N2O2S2. The Kier molecular flexibility index (Phi) is 4.11. The zero-order valence-electron chi connectivity index (χ0n) is 9.12. The molecule has 0 aromatic carbocycles. The number of rotatable bonds is 4. The number of thiophene rings is 1. The van der Waals surface area contributed by atoms with Gasteiger partial charge < -0.3 is 4.74 Å². The van der Waals surface area contributed by atoms with Crippen LogP contribution in [0.25, 0.3) is 0 Å². The summed E-state index contributed by atoms with van der Waals surface area (Å²) in [6.07, 6.45) is 5.03. The number of carbonyl (C=O) groups excluding carboxylic acids is 1. The summed E-state index contributed by atoms with van der Waals surface area (Å²) >= 11 is 3.03. The van der Waals surface area contributed by atoms with Gasteiger partial charge in [0.15, 0.2) is 0 Å². The fourth-order valence-electron chi connectivity index (χ4n) is 1.17. The quantitative estimate of drug-likeness (QED) is 0.629. The highest BCUT2D eigenvalue weighted by molar-refractivity contribution is 7.98. The first-order valence-electron chi connectivity index (χ1n) is 4.85. The number of hydrogen-bond donors (Lipinski definition) is 0. The van der Waals surface area contributed by atoms with E-state index in [1.807, 2.05) is 6.07 Å². The van der Waals surface area contributed by atoms with Gasteiger partial charge in [-0.05, 0) is 12.1 Å². The van der Waals surface area contributed by atoms with Gasteiger partial charge in [-0.2, -0.15) is 0 Å². The van der Waals surface area contributed by atoms with Gasteiger partial charge in [-0.3, -0.25) is 4.98 Å². The number of hydrogen-bond acceptors (Lipinski definition) is 6. The topological polar surface area (TPSA) is 52.1 Å². The summed E-state index contributed by atoms with van der Waals surface area (Å²) in [5, 5.41) is 0.875. The third-order valence-corrected chi connectivity index (χ3v) is 4.16. The highest BCUT2D eigenvalue weighted by atomic mass is 32.2. The van der Waals surface area contributed by atoms with Gasteiger partial charge in [-0.25, -0.2) is 9.78 Å². The Morgan fingerprint density at radius 3 is 3.06 bits per heavy atom. The molecule has 0 saturated heterocycles. The molecule has 0 bridgehead atoms. The molecular weight excluding hydrogens is 256 g/mol. The zero-order valence-corrected chi connectivity index (χ0v) is 10.8. The summed E-state index contributed by atoms with van der Waals surface area (Å²) in [6.45, 7) is 0. The van der Waals surface area contributed by atoms with Crippen LogP contribution in [0.3, 0.4) is 0 Å². The number of nitrogens with zero attached hydrogens (tertiary/aromatic N) is 2. The van der Waals surface area contributed by atoms with Gasteiger partial charge in [-0.15, -0.1) is 11.3 Å². The third kappa shape index (κ3) is 3.28. The van der Waals surface area contributed by atoms with E-state index in [1.165, 1.54) is 18.4 Å². The molecule has 0 aliphatic carbocycles. The largest absolute Gasteiger partial charge is 0.465 e. The van der Waals surface area contributed by atoms with Crippen molar-refractivity contribution in [2.75, 3.05) is 7.11 Å². The van der Waals surface area contributed by atoms with Gasteiger partial charge in [0.25, 0.3) is 0 Å². The van der Waals surface area contributed by atoms with Crippen LogP contribution in [0.2, 0.25) is 0 Å². The Labute approximate surface area is 107 Å². The lowest BCUT2D eigenvalue weighted by atomic mass is 10.4. The smallest absolute Gasteiger partial charge is 0.348 e. The van der Waals surface area contributed by atoms with Crippen LogP contribution in [0.15, 0.2) is 35.7 Å². The summed E-state index contributed by atoms with van der Waals surface area (Å²) < 4.78 is 4.65. The standard InChI is InChI=1S/C11H10N2O2S2/c1-15-11(14)9-3-2-8(17-9)7-16-10-6-12-4-5-13-10/h2-6H,7H2,1H3. The second kappa shape index (κ2) is 5.79. The maximum absolute atomic E-state index is 11.3. The average Bonchev–Trinajstić information content (AvgIpc) is 2.85. The van der Waals surface area contributed by atoms with Gasteiger partial charge in [0.2, 0.25) is 0 Å². The van der Waals surface area contributed by atoms with Crippen molar-refractivity contribution >= 4 is 29.1 Å². The first-order valence-corrected chi connectivity index (χ1v) is 6.65. The van der Waals surface area contributed by atoms with Crippen LogP contribution >= 0.6 is 23.1 Å². The van der Waals surface area contributed by atoms with Gasteiger partial charge in [0.05, 0.1) is 13.3 Å². The van der Waals surface area contributed by atoms with E-state index >= 15 is 0 Å². The van der Waals surface area contributed by atoms with Crippen molar-refractivity contribution in [3.63, 3.8) is 0 Å². The first-order chi connectivity index (χ1) is 8.29. The van der Waals surface area contributed by atoms with Gasteiger partial charge in [0.1, 0.15) is 9.90 Å². The lowest BCUT2D eigenvalue weighted by molar-refractivity contribution is 0.0606. The van der Waals surface area contributed by atoms with Crippen LogP contribution in [0, 0.1) is 0 Å². The Morgan fingerprint density at radius 2 is 2.35 bits per heavy atom. The lowest BCUT2D eigenvalue weighted by Gasteiger charge is -1.97. The van der Waals surface area contributed by atoms with Crippen LogP contribution in [0.5, 0.6) is 0 Å². The Morgan fingerprint density at radius 1 is 1.47 bits per heavy atom. The molecule has 0 N–H and O–H groups in total. The van der Waals surface area contributed by atoms with E-state index < -0.39 is 0 Å². The molecule has 2 heterocycles. The Hall–Kier alpha value is -1.40. The first kappa shape index (κ1) is 12.1. The van der Waals surface area contributed by atoms with Gasteiger partial charge in [-0.1, -0.05) is 11.8 Å². The normalized spacial score (nSPS) is 10.2. The molecule has 2 aromatic rings. The average molecular weight is 266 g/mol. The van der Waals surface area contributed by atoms with E-state index in [4.69, 9.17) is 0 Å². The summed E-state index contributed by atoms with van der Waals surface area (Å²) in [5.74, 6) is 0.492. The van der Waals surface area contributed by atoms with E-state index in [9.17, 15) is 4.79 Å². The van der Waals surface area contributed by atoms with Gasteiger partial charge >= 0.3 is 5.97 Å². The minimum atomic E-state index is -0.286. The minimum absolute atomic E-state index is 0.286. The van der Waals surface area contributed by atoms with E-state index in [2.05, 4.69) is 14.7 Å². The molecule has 0 saturated carbocycles. The second-order valence-corrected chi connectivity index (χ2v) is 5.25. The molecule has 0 radical (unpaired) electrons. The predicted molar refractivity (Wildman–Crippen MR) is 67.3 cm³/mol. The van der Waals surface area contributed by atoms with Crippen molar-refractivity contribution in [1.82, 2.24) is 9.97 Å². The summed E-state index contributed by atoms with van der Waals surface area (Å²) in [6, 6.07) is 3.71. The van der Waals surface area contributed by atoms with Crippen LogP contribution < -0.4 is 0 Å². The molecule has 4 nitrogen and oxygen atoms in total. The minimum Gasteiger partial charge on any atom is -0.465 e. The van der Waals surface area contributed by atoms with E-state index in [1.54, 1.807) is 36.4 Å². The molecule has 6 heteroatoms. The molecule has 0 amide bonds. The maximum Gasteiger partial charge on any atom is 0.348 e. The number of carbonyl (C=O) groups is 1. The van der Waals surface area contributed by atoms with Crippen molar-refractivity contribution in [2.45, 2.75) is 10.8 Å². The predicted octanol–water partition coefficient (Wildman–Crippen LogP) is 2.62. The molecule has 0 atom stereocenters. The summed E-state index contributed by atoms with van der Waals surface area (Å²) in [4.78, 5) is 21.2. The van der Waals surface area contributed by atoms with E-state index in [0.717, 1.165) is 15.7 Å².